The summed E-state index contributed by atoms with van der Waals surface area (Å²) in [6.45, 7) is 0.743. The van der Waals surface area contributed by atoms with E-state index < -0.39 is 6.10 Å². The monoisotopic (exact) mass is 422 g/mol. The lowest BCUT2D eigenvalue weighted by Crippen LogP contribution is -2.31. The number of benzene rings is 2. The smallest absolute Gasteiger partial charge is 0.254 e. The second-order valence-electron chi connectivity index (χ2n) is 7.23. The van der Waals surface area contributed by atoms with Crippen molar-refractivity contribution in [2.24, 2.45) is 0 Å². The zero-order chi connectivity index (χ0) is 21.8. The number of pyridine rings is 1. The van der Waals surface area contributed by atoms with Crippen molar-refractivity contribution in [1.29, 1.82) is 0 Å². The number of halogens is 1. The van der Waals surface area contributed by atoms with Gasteiger partial charge < -0.3 is 20.1 Å². The standard InChI is InChI=1S/C23H23FN4O3/c1-31-14-19(29)13-25-12-16-11-20-21(15-6-5-7-17(24)10-15)27-28(22(20)26-23(16)30)18-8-3-2-4-9-18/h2-11,19,25,29H,12-14H2,1H3,(H,26,30)/t19-/m1/s1. The molecule has 0 aliphatic rings. The Morgan fingerprint density at radius 2 is 2.00 bits per heavy atom. The molecule has 7 nitrogen and oxygen atoms in total. The third kappa shape index (κ3) is 4.56. The van der Waals surface area contributed by atoms with Crippen molar-refractivity contribution in [2.45, 2.75) is 12.6 Å². The Labute approximate surface area is 178 Å². The van der Waals surface area contributed by atoms with E-state index >= 15 is 0 Å². The van der Waals surface area contributed by atoms with Gasteiger partial charge in [-0.1, -0.05) is 30.3 Å². The molecule has 0 spiro atoms. The van der Waals surface area contributed by atoms with Gasteiger partial charge in [-0.3, -0.25) is 4.79 Å². The molecular formula is C23H23FN4O3. The first-order valence-electron chi connectivity index (χ1n) is 9.91. The first-order valence-corrected chi connectivity index (χ1v) is 9.91. The highest BCUT2D eigenvalue weighted by molar-refractivity contribution is 5.92. The van der Waals surface area contributed by atoms with E-state index in [1.54, 1.807) is 22.9 Å². The molecule has 0 unspecified atom stereocenters. The van der Waals surface area contributed by atoms with Gasteiger partial charge in [-0.05, 0) is 30.3 Å². The molecule has 8 heteroatoms. The van der Waals surface area contributed by atoms with Crippen molar-refractivity contribution >= 4 is 11.0 Å². The summed E-state index contributed by atoms with van der Waals surface area (Å²) in [6, 6.07) is 17.4. The fourth-order valence-corrected chi connectivity index (χ4v) is 3.48. The average Bonchev–Trinajstić information content (AvgIpc) is 3.13. The predicted octanol–water partition coefficient (Wildman–Crippen LogP) is 2.62. The quantitative estimate of drug-likeness (QED) is 0.406. The zero-order valence-corrected chi connectivity index (χ0v) is 17.0. The molecule has 3 N–H and O–H groups in total. The number of aliphatic hydroxyl groups excluding tert-OH is 1. The number of aromatic nitrogens is 3. The summed E-state index contributed by atoms with van der Waals surface area (Å²) < 4.78 is 20.5. The van der Waals surface area contributed by atoms with Gasteiger partial charge in [0, 0.05) is 36.7 Å². The van der Waals surface area contributed by atoms with Crippen LogP contribution in [0.5, 0.6) is 0 Å². The summed E-state index contributed by atoms with van der Waals surface area (Å²) in [5.41, 5.74) is 2.71. The highest BCUT2D eigenvalue weighted by Crippen LogP contribution is 2.29. The molecule has 2 aromatic carbocycles. The van der Waals surface area contributed by atoms with Crippen LogP contribution in [0.3, 0.4) is 0 Å². The Hall–Kier alpha value is -3.33. The molecule has 0 radical (unpaired) electrons. The maximum Gasteiger partial charge on any atom is 0.254 e. The fraction of sp³-hybridized carbons (Fsp3) is 0.217. The Morgan fingerprint density at radius 3 is 2.74 bits per heavy atom. The molecule has 0 bridgehead atoms. The van der Waals surface area contributed by atoms with Crippen molar-refractivity contribution in [3.05, 3.63) is 82.4 Å². The van der Waals surface area contributed by atoms with Gasteiger partial charge in [0.15, 0.2) is 0 Å². The van der Waals surface area contributed by atoms with Crippen LogP contribution in [0.1, 0.15) is 5.56 Å². The first-order chi connectivity index (χ1) is 15.1. The number of H-pyrrole nitrogens is 1. The fourth-order valence-electron chi connectivity index (χ4n) is 3.48. The van der Waals surface area contributed by atoms with Crippen molar-refractivity contribution in [1.82, 2.24) is 20.1 Å². The second kappa shape index (κ2) is 9.22. The van der Waals surface area contributed by atoms with Crippen LogP contribution in [-0.4, -0.2) is 46.2 Å². The number of hydrogen-bond acceptors (Lipinski definition) is 5. The van der Waals surface area contributed by atoms with Gasteiger partial charge in [0.05, 0.1) is 18.4 Å². The number of aliphatic hydroxyl groups is 1. The van der Waals surface area contributed by atoms with Gasteiger partial charge in [0.1, 0.15) is 17.2 Å². The largest absolute Gasteiger partial charge is 0.389 e. The Balaban J connectivity index is 1.79. The number of nitrogens with zero attached hydrogens (tertiary/aromatic N) is 2. The number of hydrogen-bond donors (Lipinski definition) is 3. The van der Waals surface area contributed by atoms with Crippen molar-refractivity contribution in [3.8, 4) is 16.9 Å². The predicted molar refractivity (Wildman–Crippen MR) is 117 cm³/mol. The van der Waals surface area contributed by atoms with E-state index in [1.807, 2.05) is 30.3 Å². The Kier molecular flexibility index (Phi) is 6.22. The van der Waals surface area contributed by atoms with Crippen LogP contribution in [0.25, 0.3) is 28.0 Å². The summed E-state index contributed by atoms with van der Waals surface area (Å²) >= 11 is 0. The van der Waals surface area contributed by atoms with Crippen LogP contribution in [0, 0.1) is 5.82 Å². The molecule has 0 saturated carbocycles. The van der Waals surface area contributed by atoms with E-state index in [9.17, 15) is 14.3 Å². The number of fused-ring (bicyclic) bond motifs is 1. The Morgan fingerprint density at radius 1 is 1.19 bits per heavy atom. The van der Waals surface area contributed by atoms with Crippen molar-refractivity contribution < 1.29 is 14.2 Å². The second-order valence-corrected chi connectivity index (χ2v) is 7.23. The summed E-state index contributed by atoms with van der Waals surface area (Å²) in [5, 5.41) is 18.2. The third-order valence-electron chi connectivity index (χ3n) is 4.92. The maximum absolute atomic E-state index is 13.9. The van der Waals surface area contributed by atoms with Crippen LogP contribution in [-0.2, 0) is 11.3 Å². The molecule has 0 saturated heterocycles. The van der Waals surface area contributed by atoms with E-state index in [2.05, 4.69) is 15.4 Å². The number of rotatable bonds is 8. The van der Waals surface area contributed by atoms with E-state index in [1.165, 1.54) is 19.2 Å². The highest BCUT2D eigenvalue weighted by atomic mass is 19.1. The minimum absolute atomic E-state index is 0.204. The molecule has 4 aromatic rings. The molecule has 4 rings (SSSR count). The van der Waals surface area contributed by atoms with Crippen LogP contribution in [0.4, 0.5) is 4.39 Å². The van der Waals surface area contributed by atoms with Gasteiger partial charge in [0.2, 0.25) is 0 Å². The molecule has 31 heavy (non-hydrogen) atoms. The van der Waals surface area contributed by atoms with Crippen molar-refractivity contribution in [2.75, 3.05) is 20.3 Å². The maximum atomic E-state index is 13.9. The summed E-state index contributed by atoms with van der Waals surface area (Å²) in [7, 11) is 1.51. The van der Waals surface area contributed by atoms with E-state index in [0.29, 0.717) is 27.9 Å². The minimum Gasteiger partial charge on any atom is -0.389 e. The minimum atomic E-state index is -0.670. The summed E-state index contributed by atoms with van der Waals surface area (Å²) in [5.74, 6) is -0.363. The molecular weight excluding hydrogens is 399 g/mol. The third-order valence-corrected chi connectivity index (χ3v) is 4.92. The average molecular weight is 422 g/mol. The number of ether oxygens (including phenoxy) is 1. The summed E-state index contributed by atoms with van der Waals surface area (Å²) in [6.07, 6.45) is -0.670. The molecule has 160 valence electrons. The lowest BCUT2D eigenvalue weighted by Gasteiger charge is -2.10. The Bertz CT molecular complexity index is 1240. The van der Waals surface area contributed by atoms with E-state index in [4.69, 9.17) is 4.74 Å². The molecule has 0 aliphatic heterocycles. The molecule has 2 aromatic heterocycles. The van der Waals surface area contributed by atoms with E-state index in [-0.39, 0.29) is 31.1 Å². The van der Waals surface area contributed by atoms with Crippen LogP contribution in [0.2, 0.25) is 0 Å². The van der Waals surface area contributed by atoms with Gasteiger partial charge in [-0.2, -0.15) is 5.10 Å². The molecule has 1 atom stereocenters. The van der Waals surface area contributed by atoms with Gasteiger partial charge in [-0.25, -0.2) is 9.07 Å². The zero-order valence-electron chi connectivity index (χ0n) is 17.0. The number of para-hydroxylation sites is 1. The van der Waals surface area contributed by atoms with Crippen LogP contribution in [0.15, 0.2) is 65.5 Å². The van der Waals surface area contributed by atoms with Gasteiger partial charge in [0.25, 0.3) is 5.56 Å². The number of aromatic amines is 1. The van der Waals surface area contributed by atoms with Crippen LogP contribution < -0.4 is 10.9 Å². The molecule has 0 amide bonds. The SMILES string of the molecule is COC[C@H](O)CNCc1cc2c(-c3cccc(F)c3)nn(-c3ccccc3)c2[nH]c1=O. The van der Waals surface area contributed by atoms with Gasteiger partial charge >= 0.3 is 0 Å². The molecule has 0 aliphatic carbocycles. The topological polar surface area (TPSA) is 92.2 Å². The molecule has 0 fully saturated rings. The highest BCUT2D eigenvalue weighted by Gasteiger charge is 2.17. The summed E-state index contributed by atoms with van der Waals surface area (Å²) in [4.78, 5) is 15.7. The first kappa shape index (κ1) is 20.9. The normalized spacial score (nSPS) is 12.4. The number of nitrogens with one attached hydrogen (secondary N) is 2. The lowest BCUT2D eigenvalue weighted by atomic mass is 10.1. The van der Waals surface area contributed by atoms with Crippen LogP contribution >= 0.6 is 0 Å². The molecule has 2 heterocycles. The van der Waals surface area contributed by atoms with Gasteiger partial charge in [-0.15, -0.1) is 0 Å². The van der Waals surface area contributed by atoms with E-state index in [0.717, 1.165) is 5.69 Å². The lowest BCUT2D eigenvalue weighted by molar-refractivity contribution is 0.0644. The number of methoxy groups -OCH3 is 1. The van der Waals surface area contributed by atoms with Crippen molar-refractivity contribution in [3.63, 3.8) is 0 Å².